The number of amides is 1. The summed E-state index contributed by atoms with van der Waals surface area (Å²) in [6, 6.07) is -0.421. The lowest BCUT2D eigenvalue weighted by molar-refractivity contribution is -0.146. The summed E-state index contributed by atoms with van der Waals surface area (Å²) >= 11 is 0. The molecule has 7 nitrogen and oxygen atoms in total. The molecule has 0 saturated carbocycles. The molecule has 1 aliphatic heterocycles. The molecule has 2 atom stereocenters. The quantitative estimate of drug-likeness (QED) is 0.588. The summed E-state index contributed by atoms with van der Waals surface area (Å²) in [7, 11) is 1.56. The van der Waals surface area contributed by atoms with E-state index in [9.17, 15) is 14.7 Å². The van der Waals surface area contributed by atoms with Gasteiger partial charge in [-0.1, -0.05) is 0 Å². The van der Waals surface area contributed by atoms with Crippen molar-refractivity contribution in [1.82, 2.24) is 10.2 Å². The maximum absolute atomic E-state index is 11.7. The number of aliphatic hydroxyl groups excluding tert-OH is 1. The van der Waals surface area contributed by atoms with Crippen LogP contribution in [0.2, 0.25) is 0 Å². The Morgan fingerprint density at radius 2 is 2.32 bits per heavy atom. The molecule has 1 saturated heterocycles. The predicted molar refractivity (Wildman–Crippen MR) is 67.5 cm³/mol. The van der Waals surface area contributed by atoms with Crippen LogP contribution in [0.4, 0.5) is 0 Å². The molecule has 0 aliphatic carbocycles. The number of nitrogens with zero attached hydrogens (tertiary/aromatic N) is 1. The summed E-state index contributed by atoms with van der Waals surface area (Å²) in [4.78, 5) is 24.8. The van der Waals surface area contributed by atoms with Crippen LogP contribution in [0.1, 0.15) is 13.3 Å². The standard InChI is InChI=1S/C12H22N2O5/c1-3-19-11(16)6-9(15)7-14-4-5-18-8-10(14)12(17)13-2/h9-10,15H,3-8H2,1-2H3,(H,13,17). The number of hydrogen-bond acceptors (Lipinski definition) is 6. The second kappa shape index (κ2) is 8.08. The number of esters is 1. The first-order valence-corrected chi connectivity index (χ1v) is 6.45. The van der Waals surface area contributed by atoms with Crippen molar-refractivity contribution in [3.8, 4) is 0 Å². The number of morpholine rings is 1. The number of rotatable bonds is 6. The third-order valence-electron chi connectivity index (χ3n) is 2.94. The molecule has 1 rings (SSSR count). The summed E-state index contributed by atoms with van der Waals surface area (Å²) in [6.07, 6.45) is -0.907. The molecule has 0 spiro atoms. The van der Waals surface area contributed by atoms with E-state index in [0.717, 1.165) is 0 Å². The third kappa shape index (κ3) is 5.14. The van der Waals surface area contributed by atoms with Crippen LogP contribution in [0.5, 0.6) is 0 Å². The Kier molecular flexibility index (Phi) is 6.75. The van der Waals surface area contributed by atoms with Gasteiger partial charge in [-0.3, -0.25) is 14.5 Å². The Hall–Kier alpha value is -1.18. The summed E-state index contributed by atoms with van der Waals surface area (Å²) in [6.45, 7) is 3.63. The molecule has 1 amide bonds. The normalized spacial score (nSPS) is 21.7. The lowest BCUT2D eigenvalue weighted by Crippen LogP contribution is -2.55. The van der Waals surface area contributed by atoms with Crippen molar-refractivity contribution in [2.75, 3.05) is 40.0 Å². The van der Waals surface area contributed by atoms with Crippen LogP contribution in [-0.4, -0.2) is 74.0 Å². The Labute approximate surface area is 112 Å². The van der Waals surface area contributed by atoms with Crippen molar-refractivity contribution in [2.24, 2.45) is 0 Å². The van der Waals surface area contributed by atoms with Gasteiger partial charge in [0.1, 0.15) is 6.04 Å². The summed E-state index contributed by atoms with van der Waals surface area (Å²) < 4.78 is 10.0. The molecule has 2 unspecified atom stereocenters. The van der Waals surface area contributed by atoms with E-state index in [4.69, 9.17) is 9.47 Å². The lowest BCUT2D eigenvalue weighted by Gasteiger charge is -2.35. The molecule has 0 aromatic carbocycles. The molecule has 1 fully saturated rings. The molecule has 0 aromatic rings. The van der Waals surface area contributed by atoms with Crippen LogP contribution in [0.3, 0.4) is 0 Å². The van der Waals surface area contributed by atoms with E-state index in [1.54, 1.807) is 14.0 Å². The van der Waals surface area contributed by atoms with Crippen molar-refractivity contribution in [3.05, 3.63) is 0 Å². The van der Waals surface area contributed by atoms with E-state index in [1.807, 2.05) is 4.90 Å². The van der Waals surface area contributed by atoms with Gasteiger partial charge in [-0.25, -0.2) is 0 Å². The van der Waals surface area contributed by atoms with Gasteiger partial charge in [0.05, 0.1) is 32.3 Å². The lowest BCUT2D eigenvalue weighted by atomic mass is 10.1. The van der Waals surface area contributed by atoms with Gasteiger partial charge >= 0.3 is 5.97 Å². The Bertz CT molecular complexity index is 310. The number of hydrogen-bond donors (Lipinski definition) is 2. The number of β-amino-alcohol motifs (C(OH)–C–C–N with tert-alkyl or cyclic N) is 1. The zero-order valence-electron chi connectivity index (χ0n) is 11.4. The third-order valence-corrected chi connectivity index (χ3v) is 2.94. The molecule has 1 aliphatic rings. The smallest absolute Gasteiger partial charge is 0.308 e. The Morgan fingerprint density at radius 3 is 2.95 bits per heavy atom. The van der Waals surface area contributed by atoms with Gasteiger partial charge in [0.15, 0.2) is 0 Å². The molecule has 2 N–H and O–H groups in total. The molecule has 0 radical (unpaired) electrons. The first-order valence-electron chi connectivity index (χ1n) is 6.45. The number of ether oxygens (including phenoxy) is 2. The van der Waals surface area contributed by atoms with E-state index < -0.39 is 18.1 Å². The van der Waals surface area contributed by atoms with Crippen molar-refractivity contribution < 1.29 is 24.2 Å². The zero-order valence-corrected chi connectivity index (χ0v) is 11.4. The number of carbonyl (C=O) groups is 2. The van der Waals surface area contributed by atoms with E-state index in [1.165, 1.54) is 0 Å². The molecule has 110 valence electrons. The van der Waals surface area contributed by atoms with Crippen molar-refractivity contribution >= 4 is 11.9 Å². The first kappa shape index (κ1) is 15.9. The molecule has 0 aromatic heterocycles. The van der Waals surface area contributed by atoms with Crippen LogP contribution >= 0.6 is 0 Å². The van der Waals surface area contributed by atoms with Gasteiger partial charge in [0.25, 0.3) is 0 Å². The monoisotopic (exact) mass is 274 g/mol. The molecule has 0 bridgehead atoms. The van der Waals surface area contributed by atoms with Crippen molar-refractivity contribution in [2.45, 2.75) is 25.5 Å². The van der Waals surface area contributed by atoms with Crippen LogP contribution in [0, 0.1) is 0 Å². The zero-order chi connectivity index (χ0) is 14.3. The number of carbonyl (C=O) groups excluding carboxylic acids is 2. The van der Waals surface area contributed by atoms with E-state index >= 15 is 0 Å². The van der Waals surface area contributed by atoms with E-state index in [-0.39, 0.29) is 18.9 Å². The number of nitrogens with one attached hydrogen (secondary N) is 1. The highest BCUT2D eigenvalue weighted by Gasteiger charge is 2.30. The fourth-order valence-electron chi connectivity index (χ4n) is 2.01. The van der Waals surface area contributed by atoms with Gasteiger partial charge in [0.2, 0.25) is 5.91 Å². The summed E-state index contributed by atoms with van der Waals surface area (Å²) in [5.74, 6) is -0.581. The molecule has 7 heteroatoms. The minimum absolute atomic E-state index is 0.0638. The largest absolute Gasteiger partial charge is 0.466 e. The van der Waals surface area contributed by atoms with Gasteiger partial charge in [-0.2, -0.15) is 0 Å². The van der Waals surface area contributed by atoms with Crippen LogP contribution in [0.15, 0.2) is 0 Å². The van der Waals surface area contributed by atoms with Crippen LogP contribution < -0.4 is 5.32 Å². The minimum Gasteiger partial charge on any atom is -0.466 e. The highest BCUT2D eigenvalue weighted by Crippen LogP contribution is 2.09. The van der Waals surface area contributed by atoms with Crippen LogP contribution in [-0.2, 0) is 19.1 Å². The number of likely N-dealkylation sites (N-methyl/N-ethyl adjacent to an activating group) is 1. The van der Waals surface area contributed by atoms with Gasteiger partial charge < -0.3 is 19.9 Å². The SMILES string of the molecule is CCOC(=O)CC(O)CN1CCOCC1C(=O)NC. The topological polar surface area (TPSA) is 88.1 Å². The predicted octanol–water partition coefficient (Wildman–Crippen LogP) is -1.25. The summed E-state index contributed by atoms with van der Waals surface area (Å²) in [5, 5.41) is 12.4. The van der Waals surface area contributed by atoms with Gasteiger partial charge in [-0.15, -0.1) is 0 Å². The second-order valence-corrected chi connectivity index (χ2v) is 4.36. The molecule has 1 heterocycles. The molecular weight excluding hydrogens is 252 g/mol. The average Bonchev–Trinajstić information content (AvgIpc) is 2.38. The Balaban J connectivity index is 2.47. The van der Waals surface area contributed by atoms with Gasteiger partial charge in [-0.05, 0) is 6.92 Å². The number of aliphatic hydroxyl groups is 1. The van der Waals surface area contributed by atoms with Gasteiger partial charge in [0, 0.05) is 20.1 Å². The van der Waals surface area contributed by atoms with Crippen molar-refractivity contribution in [3.63, 3.8) is 0 Å². The maximum atomic E-state index is 11.7. The second-order valence-electron chi connectivity index (χ2n) is 4.36. The van der Waals surface area contributed by atoms with Crippen molar-refractivity contribution in [1.29, 1.82) is 0 Å². The van der Waals surface area contributed by atoms with E-state index in [0.29, 0.717) is 26.4 Å². The first-order chi connectivity index (χ1) is 9.08. The summed E-state index contributed by atoms with van der Waals surface area (Å²) in [5.41, 5.74) is 0. The fraction of sp³-hybridized carbons (Fsp3) is 0.833. The molecular formula is C12H22N2O5. The minimum atomic E-state index is -0.843. The highest BCUT2D eigenvalue weighted by atomic mass is 16.5. The molecule has 19 heavy (non-hydrogen) atoms. The fourth-order valence-corrected chi connectivity index (χ4v) is 2.01. The van der Waals surface area contributed by atoms with Crippen LogP contribution in [0.25, 0.3) is 0 Å². The average molecular weight is 274 g/mol. The maximum Gasteiger partial charge on any atom is 0.308 e. The Morgan fingerprint density at radius 1 is 1.58 bits per heavy atom. The highest BCUT2D eigenvalue weighted by molar-refractivity contribution is 5.81. The van der Waals surface area contributed by atoms with E-state index in [2.05, 4.69) is 5.32 Å².